The molecule has 0 aliphatic carbocycles. The van der Waals surface area contributed by atoms with Crippen LogP contribution in [-0.4, -0.2) is 50.3 Å². The average Bonchev–Trinajstić information content (AvgIpc) is 2.45. The van der Waals surface area contributed by atoms with Gasteiger partial charge in [-0.25, -0.2) is 0 Å². The molecule has 0 saturated carbocycles. The van der Waals surface area contributed by atoms with Crippen LogP contribution in [0.15, 0.2) is 18.2 Å². The van der Waals surface area contributed by atoms with Crippen molar-refractivity contribution in [3.8, 4) is 5.75 Å². The predicted octanol–water partition coefficient (Wildman–Crippen LogP) is -0.459. The van der Waals surface area contributed by atoms with Gasteiger partial charge >= 0.3 is 58.4 Å². The van der Waals surface area contributed by atoms with Gasteiger partial charge in [-0.15, -0.1) is 5.46 Å². The van der Waals surface area contributed by atoms with Crippen molar-refractivity contribution in [1.82, 2.24) is 4.90 Å². The number of rotatable bonds is 5. The van der Waals surface area contributed by atoms with E-state index in [0.29, 0.717) is 30.6 Å². The van der Waals surface area contributed by atoms with Crippen molar-refractivity contribution in [3.63, 3.8) is 0 Å². The zero-order valence-electron chi connectivity index (χ0n) is 14.2. The molecule has 1 aliphatic heterocycles. The average molecular weight is 355 g/mol. The van der Waals surface area contributed by atoms with E-state index in [1.807, 2.05) is 0 Å². The number of aryl methyl sites for hydroxylation is 1. The fraction of sp³-hybridized carbons (Fsp3) is 0.600. The van der Waals surface area contributed by atoms with Crippen molar-refractivity contribution < 1.29 is 73.8 Å². The Kier molecular flexibility index (Phi) is 8.61. The maximum atomic E-state index is 12.7. The largest absolute Gasteiger partial charge is 1.00 e. The van der Waals surface area contributed by atoms with Crippen LogP contribution >= 0.6 is 0 Å². The summed E-state index contributed by atoms with van der Waals surface area (Å²) in [5.41, 5.74) is -0.0991. The predicted molar refractivity (Wildman–Crippen MR) is 81.8 cm³/mol. The third-order valence-corrected chi connectivity index (χ3v) is 3.90. The molecule has 1 fully saturated rings. The molecular weight excluding hydrogens is 333 g/mol. The summed E-state index contributed by atoms with van der Waals surface area (Å²) < 4.78 is 49.4. The topological polar surface area (TPSA) is 21.7 Å². The SMILES string of the molecule is Cc1cc([B-](F)(F)F)ccc1OCC1CN(C(C)C)CCO1.[K+]. The third kappa shape index (κ3) is 6.34. The summed E-state index contributed by atoms with van der Waals surface area (Å²) >= 11 is 0. The number of nitrogens with zero attached hydrogens (tertiary/aromatic N) is 1. The molecule has 1 saturated heterocycles. The third-order valence-electron chi connectivity index (χ3n) is 3.90. The van der Waals surface area contributed by atoms with Gasteiger partial charge in [0.05, 0.1) is 6.61 Å². The van der Waals surface area contributed by atoms with E-state index in [2.05, 4.69) is 18.7 Å². The van der Waals surface area contributed by atoms with Crippen molar-refractivity contribution in [1.29, 1.82) is 0 Å². The molecule has 0 aromatic heterocycles. The summed E-state index contributed by atoms with van der Waals surface area (Å²) in [6.45, 7) is 3.60. The van der Waals surface area contributed by atoms with Gasteiger partial charge in [-0.3, -0.25) is 4.90 Å². The van der Waals surface area contributed by atoms with Crippen LogP contribution in [0, 0.1) is 6.92 Å². The van der Waals surface area contributed by atoms with E-state index >= 15 is 0 Å². The molecule has 124 valence electrons. The molecule has 0 spiro atoms. The molecule has 1 heterocycles. The molecule has 0 N–H and O–H groups in total. The van der Waals surface area contributed by atoms with Crippen molar-refractivity contribution >= 4 is 12.4 Å². The first-order valence-corrected chi connectivity index (χ1v) is 7.56. The van der Waals surface area contributed by atoms with E-state index in [1.54, 1.807) is 6.92 Å². The molecule has 0 radical (unpaired) electrons. The number of halogens is 3. The Morgan fingerprint density at radius 2 is 2.04 bits per heavy atom. The molecule has 23 heavy (non-hydrogen) atoms. The maximum absolute atomic E-state index is 12.7. The quantitative estimate of drug-likeness (QED) is 0.668. The zero-order chi connectivity index (χ0) is 16.3. The number of hydrogen-bond acceptors (Lipinski definition) is 3. The Hall–Kier alpha value is 0.431. The van der Waals surface area contributed by atoms with Crippen LogP contribution in [0.5, 0.6) is 5.75 Å². The Balaban J connectivity index is 0.00000264. The van der Waals surface area contributed by atoms with Crippen molar-refractivity contribution in [2.75, 3.05) is 26.3 Å². The van der Waals surface area contributed by atoms with E-state index in [4.69, 9.17) is 9.47 Å². The van der Waals surface area contributed by atoms with Gasteiger partial charge in [-0.2, -0.15) is 0 Å². The van der Waals surface area contributed by atoms with E-state index < -0.39 is 12.4 Å². The van der Waals surface area contributed by atoms with Gasteiger partial charge in [-0.05, 0) is 32.4 Å². The van der Waals surface area contributed by atoms with Crippen molar-refractivity contribution in [2.24, 2.45) is 0 Å². The van der Waals surface area contributed by atoms with Crippen molar-refractivity contribution in [2.45, 2.75) is 32.9 Å². The van der Waals surface area contributed by atoms with E-state index in [9.17, 15) is 12.9 Å². The standard InChI is InChI=1S/C15H22BF3NO2.K/c1-11(2)20-6-7-21-14(9-20)10-22-15-5-4-13(8-12(15)3)16(17,18)19;/h4-5,8,11,14H,6-7,9-10H2,1-3H3;/q-1;+1. The Morgan fingerprint density at radius 1 is 1.35 bits per heavy atom. The van der Waals surface area contributed by atoms with Gasteiger partial charge in [0.25, 0.3) is 0 Å². The summed E-state index contributed by atoms with van der Waals surface area (Å²) in [6.07, 6.45) is -0.0536. The number of benzene rings is 1. The molecule has 1 unspecified atom stereocenters. The van der Waals surface area contributed by atoms with Crippen LogP contribution in [0.25, 0.3) is 0 Å². The van der Waals surface area contributed by atoms with Gasteiger partial charge in [0.15, 0.2) is 0 Å². The number of ether oxygens (including phenoxy) is 2. The molecule has 0 bridgehead atoms. The van der Waals surface area contributed by atoms with Gasteiger partial charge in [0.1, 0.15) is 18.5 Å². The number of hydrogen-bond donors (Lipinski definition) is 0. The van der Waals surface area contributed by atoms with Gasteiger partial charge in [0, 0.05) is 19.1 Å². The Labute approximate surface area is 178 Å². The minimum Gasteiger partial charge on any atom is -0.491 e. The smallest absolute Gasteiger partial charge is 0.491 e. The molecule has 1 aromatic carbocycles. The summed E-state index contributed by atoms with van der Waals surface area (Å²) in [5, 5.41) is 0. The van der Waals surface area contributed by atoms with E-state index in [0.717, 1.165) is 25.2 Å². The van der Waals surface area contributed by atoms with E-state index in [-0.39, 0.29) is 57.5 Å². The molecule has 1 aliphatic rings. The molecule has 0 amide bonds. The molecule has 1 aromatic rings. The fourth-order valence-corrected chi connectivity index (χ4v) is 2.53. The second-order valence-corrected chi connectivity index (χ2v) is 5.99. The van der Waals surface area contributed by atoms with Crippen LogP contribution in [0.3, 0.4) is 0 Å². The minimum absolute atomic E-state index is 0. The number of morpholine rings is 1. The Morgan fingerprint density at radius 3 is 2.61 bits per heavy atom. The summed E-state index contributed by atoms with van der Waals surface area (Å²) in [5.74, 6) is 0.481. The molecule has 2 rings (SSSR count). The Bertz CT molecular complexity index is 514. The first kappa shape index (κ1) is 21.5. The summed E-state index contributed by atoms with van der Waals surface area (Å²) in [6, 6.07) is 4.05. The fourth-order valence-electron chi connectivity index (χ4n) is 2.53. The summed E-state index contributed by atoms with van der Waals surface area (Å²) in [7, 11) is 0. The van der Waals surface area contributed by atoms with Gasteiger partial charge in [0.2, 0.25) is 0 Å². The minimum atomic E-state index is -4.97. The zero-order valence-corrected chi connectivity index (χ0v) is 17.3. The van der Waals surface area contributed by atoms with E-state index in [1.165, 1.54) is 6.07 Å². The van der Waals surface area contributed by atoms with Crippen molar-refractivity contribution in [3.05, 3.63) is 23.8 Å². The molecule has 8 heteroatoms. The monoisotopic (exact) mass is 355 g/mol. The van der Waals surface area contributed by atoms with Crippen LogP contribution in [0.1, 0.15) is 19.4 Å². The second kappa shape index (κ2) is 9.22. The van der Waals surface area contributed by atoms with Gasteiger partial charge < -0.3 is 22.4 Å². The first-order chi connectivity index (χ1) is 10.3. The second-order valence-electron chi connectivity index (χ2n) is 5.99. The maximum Gasteiger partial charge on any atom is 1.00 e. The summed E-state index contributed by atoms with van der Waals surface area (Å²) in [4.78, 5) is 2.31. The first-order valence-electron chi connectivity index (χ1n) is 7.56. The van der Waals surface area contributed by atoms with Crippen LogP contribution in [0.2, 0.25) is 0 Å². The van der Waals surface area contributed by atoms with Gasteiger partial charge in [-0.1, -0.05) is 12.1 Å². The molecule has 3 nitrogen and oxygen atoms in total. The van der Waals surface area contributed by atoms with Crippen LogP contribution in [-0.2, 0) is 4.74 Å². The normalized spacial score (nSPS) is 19.5. The van der Waals surface area contributed by atoms with Crippen LogP contribution in [0.4, 0.5) is 12.9 Å². The molecular formula is C15H22BF3KNO2. The van der Waals surface area contributed by atoms with Crippen LogP contribution < -0.4 is 61.6 Å². The molecule has 1 atom stereocenters.